The lowest BCUT2D eigenvalue weighted by molar-refractivity contribution is 0.829. The van der Waals surface area contributed by atoms with Crippen LogP contribution in [0.3, 0.4) is 0 Å². The van der Waals surface area contributed by atoms with Crippen LogP contribution in [0.4, 0.5) is 5.95 Å². The molecule has 1 aromatic carbocycles. The van der Waals surface area contributed by atoms with E-state index in [0.29, 0.717) is 0 Å². The highest BCUT2D eigenvalue weighted by atomic mass is 32.1. The number of thiophene rings is 1. The molecule has 2 heterocycles. The van der Waals surface area contributed by atoms with E-state index in [9.17, 15) is 0 Å². The summed E-state index contributed by atoms with van der Waals surface area (Å²) in [5.41, 5.74) is 3.34. The number of rotatable bonds is 5. The number of imidazole rings is 1. The van der Waals surface area contributed by atoms with E-state index in [1.165, 1.54) is 16.9 Å². The molecule has 0 spiro atoms. The number of fused-ring (bicyclic) bond motifs is 1. The fourth-order valence-corrected chi connectivity index (χ4v) is 2.80. The Balaban J connectivity index is 1.87. The second-order valence-corrected chi connectivity index (χ2v) is 5.52. The van der Waals surface area contributed by atoms with E-state index in [4.69, 9.17) is 0 Å². The van der Waals surface area contributed by atoms with Crippen molar-refractivity contribution in [2.24, 2.45) is 0 Å². The van der Waals surface area contributed by atoms with E-state index >= 15 is 0 Å². The van der Waals surface area contributed by atoms with Gasteiger partial charge in [-0.3, -0.25) is 0 Å². The van der Waals surface area contributed by atoms with Gasteiger partial charge in [0.15, 0.2) is 0 Å². The molecule has 0 fully saturated rings. The number of aromatic amines is 1. The smallest absolute Gasteiger partial charge is 0.201 e. The van der Waals surface area contributed by atoms with Crippen LogP contribution >= 0.6 is 11.3 Å². The molecule has 98 valence electrons. The summed E-state index contributed by atoms with van der Waals surface area (Å²) < 4.78 is 0. The van der Waals surface area contributed by atoms with Crippen molar-refractivity contribution in [1.82, 2.24) is 9.97 Å². The second kappa shape index (κ2) is 5.45. The summed E-state index contributed by atoms with van der Waals surface area (Å²) in [5.74, 6) is 0.867. The van der Waals surface area contributed by atoms with Crippen molar-refractivity contribution in [1.29, 1.82) is 0 Å². The van der Waals surface area contributed by atoms with Gasteiger partial charge in [0.05, 0.1) is 11.0 Å². The Morgan fingerprint density at radius 2 is 2.26 bits per heavy atom. The van der Waals surface area contributed by atoms with Gasteiger partial charge in [0.1, 0.15) is 0 Å². The number of benzene rings is 1. The summed E-state index contributed by atoms with van der Waals surface area (Å²) in [6.07, 6.45) is 2.35. The fraction of sp³-hybridized carbons (Fsp3) is 0.267. The molecule has 0 saturated carbocycles. The molecule has 0 aliphatic rings. The Hall–Kier alpha value is -1.81. The lowest BCUT2D eigenvalue weighted by Gasteiger charge is -1.99. The van der Waals surface area contributed by atoms with Crippen LogP contribution in [0.15, 0.2) is 35.7 Å². The van der Waals surface area contributed by atoms with Gasteiger partial charge in [0.25, 0.3) is 0 Å². The number of nitrogens with zero attached hydrogens (tertiary/aromatic N) is 1. The maximum absolute atomic E-state index is 4.54. The summed E-state index contributed by atoms with van der Waals surface area (Å²) in [7, 11) is 0. The van der Waals surface area contributed by atoms with Gasteiger partial charge in [-0.1, -0.05) is 25.5 Å². The second-order valence-electron chi connectivity index (χ2n) is 4.57. The Kier molecular flexibility index (Phi) is 3.51. The number of unbranched alkanes of at least 4 members (excludes halogenated alkanes) is 1. The summed E-state index contributed by atoms with van der Waals surface area (Å²) in [4.78, 5) is 9.17. The zero-order chi connectivity index (χ0) is 13.1. The largest absolute Gasteiger partial charge is 0.356 e. The van der Waals surface area contributed by atoms with Crippen molar-refractivity contribution in [2.75, 3.05) is 11.9 Å². The summed E-state index contributed by atoms with van der Waals surface area (Å²) >= 11 is 1.76. The molecular formula is C15H17N3S. The zero-order valence-corrected chi connectivity index (χ0v) is 11.8. The van der Waals surface area contributed by atoms with Gasteiger partial charge in [-0.05, 0) is 35.6 Å². The van der Waals surface area contributed by atoms with Crippen molar-refractivity contribution >= 4 is 28.3 Å². The Morgan fingerprint density at radius 1 is 1.32 bits per heavy atom. The first kappa shape index (κ1) is 12.2. The van der Waals surface area contributed by atoms with E-state index in [-0.39, 0.29) is 0 Å². The minimum Gasteiger partial charge on any atom is -0.356 e. The molecule has 0 aliphatic carbocycles. The number of hydrogen-bond acceptors (Lipinski definition) is 3. The molecule has 4 heteroatoms. The molecule has 0 aliphatic heterocycles. The molecule has 3 nitrogen and oxygen atoms in total. The molecule has 0 unspecified atom stereocenters. The Bertz CT molecular complexity index is 655. The SMILES string of the molecule is CCCCNc1nc2ccc(-c3cccs3)cc2[nH]1. The molecule has 2 aromatic heterocycles. The van der Waals surface area contributed by atoms with Gasteiger partial charge < -0.3 is 10.3 Å². The van der Waals surface area contributed by atoms with Crippen LogP contribution in [-0.4, -0.2) is 16.5 Å². The van der Waals surface area contributed by atoms with Crippen LogP contribution in [-0.2, 0) is 0 Å². The lowest BCUT2D eigenvalue weighted by Crippen LogP contribution is -2.01. The van der Waals surface area contributed by atoms with Gasteiger partial charge in [-0.15, -0.1) is 11.3 Å². The number of aromatic nitrogens is 2. The zero-order valence-electron chi connectivity index (χ0n) is 10.9. The van der Waals surface area contributed by atoms with Crippen molar-refractivity contribution in [3.05, 3.63) is 35.7 Å². The van der Waals surface area contributed by atoms with Crippen molar-refractivity contribution in [3.63, 3.8) is 0 Å². The summed E-state index contributed by atoms with van der Waals surface area (Å²) in [6.45, 7) is 3.15. The highest BCUT2D eigenvalue weighted by Gasteiger charge is 2.05. The number of anilines is 1. The maximum atomic E-state index is 4.54. The van der Waals surface area contributed by atoms with Gasteiger partial charge in [-0.25, -0.2) is 4.98 Å². The quantitative estimate of drug-likeness (QED) is 0.671. The molecular weight excluding hydrogens is 254 g/mol. The molecule has 3 aromatic rings. The summed E-state index contributed by atoms with van der Waals surface area (Å²) in [5, 5.41) is 5.43. The van der Waals surface area contributed by atoms with Crippen LogP contribution in [0.2, 0.25) is 0 Å². The topological polar surface area (TPSA) is 40.7 Å². The third-order valence-corrected chi connectivity index (χ3v) is 4.03. The molecule has 0 amide bonds. The van der Waals surface area contributed by atoms with Crippen molar-refractivity contribution in [2.45, 2.75) is 19.8 Å². The van der Waals surface area contributed by atoms with E-state index in [1.54, 1.807) is 11.3 Å². The fourth-order valence-electron chi connectivity index (χ4n) is 2.07. The van der Waals surface area contributed by atoms with Crippen molar-refractivity contribution in [3.8, 4) is 10.4 Å². The minimum absolute atomic E-state index is 0.867. The Morgan fingerprint density at radius 3 is 3.05 bits per heavy atom. The third-order valence-electron chi connectivity index (χ3n) is 3.11. The Labute approximate surface area is 116 Å². The number of nitrogens with one attached hydrogen (secondary N) is 2. The predicted molar refractivity (Wildman–Crippen MR) is 82.8 cm³/mol. The van der Waals surface area contributed by atoms with E-state index in [2.05, 4.69) is 57.9 Å². The monoisotopic (exact) mass is 271 g/mol. The van der Waals surface area contributed by atoms with Crippen LogP contribution in [0, 0.1) is 0 Å². The van der Waals surface area contributed by atoms with E-state index < -0.39 is 0 Å². The first-order chi connectivity index (χ1) is 9.36. The van der Waals surface area contributed by atoms with Gasteiger partial charge in [0, 0.05) is 11.4 Å². The van der Waals surface area contributed by atoms with Gasteiger partial charge in [0.2, 0.25) is 5.95 Å². The average molecular weight is 271 g/mol. The standard InChI is InChI=1S/C15H17N3S/c1-2-3-8-16-15-17-12-7-6-11(10-13(12)18-15)14-5-4-9-19-14/h4-7,9-10H,2-3,8H2,1H3,(H2,16,17,18). The molecule has 0 saturated heterocycles. The van der Waals surface area contributed by atoms with Gasteiger partial charge >= 0.3 is 0 Å². The van der Waals surface area contributed by atoms with Crippen LogP contribution in [0.5, 0.6) is 0 Å². The predicted octanol–water partition coefficient (Wildman–Crippen LogP) is 4.50. The number of H-pyrrole nitrogens is 1. The molecule has 2 N–H and O–H groups in total. The van der Waals surface area contributed by atoms with Gasteiger partial charge in [-0.2, -0.15) is 0 Å². The first-order valence-electron chi connectivity index (χ1n) is 6.64. The molecule has 3 rings (SSSR count). The van der Waals surface area contributed by atoms with Crippen LogP contribution in [0.1, 0.15) is 19.8 Å². The lowest BCUT2D eigenvalue weighted by atomic mass is 10.2. The summed E-state index contributed by atoms with van der Waals surface area (Å²) in [6, 6.07) is 10.6. The molecule has 0 atom stereocenters. The van der Waals surface area contributed by atoms with Crippen LogP contribution in [0.25, 0.3) is 21.5 Å². The highest BCUT2D eigenvalue weighted by molar-refractivity contribution is 7.13. The molecule has 0 radical (unpaired) electrons. The normalized spacial score (nSPS) is 11.0. The highest BCUT2D eigenvalue weighted by Crippen LogP contribution is 2.27. The minimum atomic E-state index is 0.867. The number of hydrogen-bond donors (Lipinski definition) is 2. The van der Waals surface area contributed by atoms with Crippen molar-refractivity contribution < 1.29 is 0 Å². The average Bonchev–Trinajstić information content (AvgIpc) is 3.07. The van der Waals surface area contributed by atoms with Crippen LogP contribution < -0.4 is 5.32 Å². The maximum Gasteiger partial charge on any atom is 0.201 e. The third kappa shape index (κ3) is 2.63. The van der Waals surface area contributed by atoms with E-state index in [0.717, 1.165) is 29.9 Å². The van der Waals surface area contributed by atoms with E-state index in [1.807, 2.05) is 0 Å². The first-order valence-corrected chi connectivity index (χ1v) is 7.52. The molecule has 19 heavy (non-hydrogen) atoms. The molecule has 0 bridgehead atoms.